The monoisotopic (exact) mass is 1830 g/mol. The Morgan fingerprint density at radius 1 is 0.186 bits per heavy atom. The summed E-state index contributed by atoms with van der Waals surface area (Å²) in [6, 6.07) is 165. The Hall–Kier alpha value is -17.6. The molecule has 0 saturated carbocycles. The maximum absolute atomic E-state index is 5.45. The SMILES string of the molecule is c1ccc(-c2cccc(-n3c4ccc5sc(-c6ccccc6)c6c5c4c4c(cc5ccccc5c43)-c3ccccc3-6)c2)cc1.c1ccc(-c2nc3ccccc3nc2-n2c3ccc4sc(-c5ccccc5)c5c4c3c3c(cc4ccccc4c32)-c2ccccc2-5)cc1.c1ccc(-c2sc3ccc4c5c3c2-c2ccccc2-c2cc3ccccc3c(c25)n4-c2nc(-c3ccccc3)c3ccccc3n2)cc1. The van der Waals surface area contributed by atoms with Crippen LogP contribution in [0.3, 0.4) is 0 Å². The highest BCUT2D eigenvalue weighted by Crippen LogP contribution is 2.62. The third-order valence-electron chi connectivity index (χ3n) is 29.1. The Morgan fingerprint density at radius 2 is 0.514 bits per heavy atom. The second kappa shape index (κ2) is 30.9. The minimum Gasteiger partial charge on any atom is -0.309 e. The van der Waals surface area contributed by atoms with E-state index in [0.29, 0.717) is 5.95 Å². The number of thiophene rings is 3. The van der Waals surface area contributed by atoms with Crippen LogP contribution in [0, 0.1) is 0 Å². The first kappa shape index (κ1) is 78.7. The summed E-state index contributed by atoms with van der Waals surface area (Å²) in [5.41, 5.74) is 36.6. The molecule has 3 aliphatic carbocycles. The van der Waals surface area contributed by atoms with E-state index < -0.39 is 0 Å². The average Bonchev–Trinajstić information content (AvgIpc) is 1.53. The van der Waals surface area contributed by atoms with Gasteiger partial charge in [0, 0.05) is 132 Å². The maximum Gasteiger partial charge on any atom is 0.235 e. The lowest BCUT2D eigenvalue weighted by Gasteiger charge is -2.16. The summed E-state index contributed by atoms with van der Waals surface area (Å²) in [6.45, 7) is 0. The molecule has 3 aliphatic rings. The van der Waals surface area contributed by atoms with E-state index in [1.807, 2.05) is 46.1 Å². The maximum atomic E-state index is 5.45. The standard InChI is InChI=1S/2C44H25N3S.C42H25NS/c1-3-13-26(14-4-1)41-44(46-34-22-12-11-21-33(34)45-41)47-35-23-24-36-40-38(43(48-36)27-15-5-2-6-16-27)31-20-10-9-19-30(31)32-25-28-17-7-8-18-29(28)42(47)37(32)39(35)40;1-3-13-26(14-4-1)41-32-21-11-12-22-34(32)45-44(46-41)47-35-23-24-36-40-38(43(48-36)27-15-5-2-6-16-27)31-20-10-9-19-30(31)33-25-28-17-7-8-18-29(28)42(47)37(33)39(35)40;1-3-12-26(13-4-1)28-17-11-18-30(24-28)43-35-22-23-36-40-38(42(44-36)27-14-5-2-6-15-27)33-21-10-9-20-32(33)34-25-29-16-7-8-19-31(29)41(43)37(34)39(35)40/h2*1-25H;1-25H. The van der Waals surface area contributed by atoms with Crippen LogP contribution >= 0.6 is 34.0 Å². The molecule has 0 N–H and O–H groups in total. The van der Waals surface area contributed by atoms with Crippen molar-refractivity contribution in [2.75, 3.05) is 0 Å². The van der Waals surface area contributed by atoms with Crippen molar-refractivity contribution in [1.29, 1.82) is 0 Å². The van der Waals surface area contributed by atoms with E-state index in [2.05, 4.69) is 457 Å². The van der Waals surface area contributed by atoms with Gasteiger partial charge >= 0.3 is 0 Å². The Labute approximate surface area is 815 Å². The topological polar surface area (TPSA) is 66.3 Å². The molecule has 8 aromatic heterocycles. The highest BCUT2D eigenvalue weighted by atomic mass is 32.1. The van der Waals surface area contributed by atoms with Crippen LogP contribution in [0.25, 0.3) is 299 Å². The van der Waals surface area contributed by atoms with Crippen LogP contribution in [0.5, 0.6) is 0 Å². The third kappa shape index (κ3) is 11.7. The van der Waals surface area contributed by atoms with Crippen LogP contribution in [0.2, 0.25) is 0 Å². The number of benzene rings is 21. The minimum absolute atomic E-state index is 0.683. The van der Waals surface area contributed by atoms with Crippen LogP contribution in [0.15, 0.2) is 455 Å². The van der Waals surface area contributed by atoms with Crippen molar-refractivity contribution in [3.8, 4) is 149 Å². The van der Waals surface area contributed by atoms with Gasteiger partial charge in [-0.3, -0.25) is 9.13 Å². The van der Waals surface area contributed by atoms with Gasteiger partial charge in [-0.15, -0.1) is 34.0 Å². The highest BCUT2D eigenvalue weighted by molar-refractivity contribution is 7.24. The van der Waals surface area contributed by atoms with E-state index in [4.69, 9.17) is 19.9 Å². The smallest absolute Gasteiger partial charge is 0.235 e. The molecule has 8 heterocycles. The first-order valence-corrected chi connectivity index (χ1v) is 50.1. The zero-order chi connectivity index (χ0) is 91.5. The first-order chi connectivity index (χ1) is 69.5. The van der Waals surface area contributed by atoms with Crippen molar-refractivity contribution in [2.45, 2.75) is 0 Å². The predicted octanol–water partition coefficient (Wildman–Crippen LogP) is 36.3. The van der Waals surface area contributed by atoms with E-state index >= 15 is 0 Å². The molecule has 0 fully saturated rings. The second-order valence-corrected chi connectivity index (χ2v) is 39.8. The summed E-state index contributed by atoms with van der Waals surface area (Å²) < 4.78 is 11.2. The van der Waals surface area contributed by atoms with Crippen molar-refractivity contribution in [3.63, 3.8) is 0 Å². The first-order valence-electron chi connectivity index (χ1n) is 47.6. The highest BCUT2D eigenvalue weighted by Gasteiger charge is 2.36. The lowest BCUT2D eigenvalue weighted by Crippen LogP contribution is -2.04. The zero-order valence-corrected chi connectivity index (χ0v) is 77.6. The van der Waals surface area contributed by atoms with Crippen LogP contribution in [0.1, 0.15) is 0 Å². The van der Waals surface area contributed by atoms with E-state index in [-0.39, 0.29) is 0 Å². The Balaban J connectivity index is 0.0000000988. The number of nitrogens with zero attached hydrogens (tertiary/aromatic N) is 7. The molecule has 0 aliphatic heterocycles. The summed E-state index contributed by atoms with van der Waals surface area (Å²) in [7, 11) is 0. The average molecular weight is 1830 g/mol. The molecule has 32 rings (SSSR count). The summed E-state index contributed by atoms with van der Waals surface area (Å²) in [5.74, 6) is 1.53. The van der Waals surface area contributed by atoms with Crippen LogP contribution < -0.4 is 0 Å². The van der Waals surface area contributed by atoms with Crippen LogP contribution in [-0.2, 0) is 0 Å². The van der Waals surface area contributed by atoms with E-state index in [9.17, 15) is 0 Å². The molecule has 0 spiro atoms. The van der Waals surface area contributed by atoms with E-state index in [1.165, 1.54) is 226 Å². The van der Waals surface area contributed by atoms with Crippen LogP contribution in [-0.4, -0.2) is 33.6 Å². The van der Waals surface area contributed by atoms with Gasteiger partial charge in [0.1, 0.15) is 5.69 Å². The van der Waals surface area contributed by atoms with Gasteiger partial charge in [-0.05, 0) is 179 Å². The number of hydrogen-bond acceptors (Lipinski definition) is 7. The molecule has 0 atom stereocenters. The van der Waals surface area contributed by atoms with E-state index in [1.54, 1.807) is 0 Å². The van der Waals surface area contributed by atoms with Crippen LogP contribution in [0.4, 0.5) is 0 Å². The van der Waals surface area contributed by atoms with Gasteiger partial charge in [-0.1, -0.05) is 370 Å². The molecule has 7 nitrogen and oxygen atoms in total. The molecule has 0 bridgehead atoms. The Bertz CT molecular complexity index is 10300. The van der Waals surface area contributed by atoms with Gasteiger partial charge < -0.3 is 4.57 Å². The van der Waals surface area contributed by atoms with Crippen molar-refractivity contribution < 1.29 is 0 Å². The molecule has 0 unspecified atom stereocenters. The van der Waals surface area contributed by atoms with Gasteiger partial charge in [-0.2, -0.15) is 0 Å². The number of aromatic nitrogens is 7. The fourth-order valence-electron chi connectivity index (χ4n) is 23.3. The molecule has 0 saturated heterocycles. The fraction of sp³-hybridized carbons (Fsp3) is 0. The lowest BCUT2D eigenvalue weighted by atomic mass is 9.92. The molecule has 648 valence electrons. The van der Waals surface area contributed by atoms with E-state index in [0.717, 1.165) is 66.8 Å². The minimum atomic E-state index is 0.683. The number of hydrogen-bond donors (Lipinski definition) is 0. The third-order valence-corrected chi connectivity index (χ3v) is 32.8. The normalized spacial score (nSPS) is 12.1. The lowest BCUT2D eigenvalue weighted by molar-refractivity contribution is 1.02. The molecular weight excluding hydrogens is 1760 g/mol. The summed E-state index contributed by atoms with van der Waals surface area (Å²) >= 11 is 5.70. The molecule has 10 heteroatoms. The predicted molar refractivity (Wildman–Crippen MR) is 593 cm³/mol. The molecular formula is C130H75N7S3. The Kier molecular flexibility index (Phi) is 17.4. The van der Waals surface area contributed by atoms with Crippen molar-refractivity contribution in [1.82, 2.24) is 33.6 Å². The molecule has 29 aromatic rings. The number of para-hydroxylation sites is 3. The summed E-state index contributed by atoms with van der Waals surface area (Å²) in [5, 5.41) is 20.2. The number of fused-ring (bicyclic) bond motifs is 17. The van der Waals surface area contributed by atoms with Gasteiger partial charge in [-0.25, -0.2) is 19.9 Å². The van der Waals surface area contributed by atoms with Gasteiger partial charge in [0.25, 0.3) is 0 Å². The quantitative estimate of drug-likeness (QED) is 0.144. The zero-order valence-electron chi connectivity index (χ0n) is 75.2. The molecule has 21 aromatic carbocycles. The molecule has 0 amide bonds. The number of rotatable bonds is 9. The van der Waals surface area contributed by atoms with Crippen molar-refractivity contribution >= 4 is 184 Å². The molecule has 0 radical (unpaired) electrons. The van der Waals surface area contributed by atoms with Gasteiger partial charge in [0.05, 0.1) is 55.3 Å². The Morgan fingerprint density at radius 3 is 0.957 bits per heavy atom. The summed E-state index contributed by atoms with van der Waals surface area (Å²) in [6.07, 6.45) is 0. The molecule has 140 heavy (non-hydrogen) atoms. The van der Waals surface area contributed by atoms with Gasteiger partial charge in [0.15, 0.2) is 5.82 Å². The van der Waals surface area contributed by atoms with Crippen molar-refractivity contribution in [2.24, 2.45) is 0 Å². The second-order valence-electron chi connectivity index (χ2n) is 36.7. The fourth-order valence-corrected chi connectivity index (χ4v) is 27.0. The van der Waals surface area contributed by atoms with Gasteiger partial charge in [0.2, 0.25) is 5.95 Å². The summed E-state index contributed by atoms with van der Waals surface area (Å²) in [4.78, 5) is 25.4. The van der Waals surface area contributed by atoms with Crippen molar-refractivity contribution in [3.05, 3.63) is 455 Å². The largest absolute Gasteiger partial charge is 0.309 e.